The van der Waals surface area contributed by atoms with Crippen LogP contribution < -0.4 is 11.1 Å². The number of hydrogen-bond donors (Lipinski definition) is 2. The number of alkyl halides is 5. The number of amides is 2. The number of primary amides is 1. The van der Waals surface area contributed by atoms with Crippen molar-refractivity contribution in [3.63, 3.8) is 0 Å². The second-order valence-corrected chi connectivity index (χ2v) is 8.94. The van der Waals surface area contributed by atoms with E-state index in [1.54, 1.807) is 0 Å². The Morgan fingerprint density at radius 2 is 2.00 bits per heavy atom. The van der Waals surface area contributed by atoms with Crippen molar-refractivity contribution in [2.24, 2.45) is 12.8 Å². The van der Waals surface area contributed by atoms with Crippen LogP contribution in [0.2, 0.25) is 0 Å². The van der Waals surface area contributed by atoms with Crippen LogP contribution in [0.1, 0.15) is 62.3 Å². The number of carbonyl (C=O) groups excluding carboxylic acids is 2. The SMILES string of the molecule is Cn1nc(C(=O)Nc2c(C(N)=O)sc3nc(C(F)F)cc(C4CC4)c23)c(Br)c1C(F)(F)F. The zero-order chi connectivity index (χ0) is 23.5. The van der Waals surface area contributed by atoms with E-state index in [2.05, 4.69) is 31.3 Å². The summed E-state index contributed by atoms with van der Waals surface area (Å²) in [6.07, 6.45) is -6.18. The first-order valence-corrected chi connectivity index (χ1v) is 10.7. The predicted molar refractivity (Wildman–Crippen MR) is 109 cm³/mol. The van der Waals surface area contributed by atoms with Gasteiger partial charge in [0.15, 0.2) is 11.4 Å². The lowest BCUT2D eigenvalue weighted by Crippen LogP contribution is -2.17. The lowest BCUT2D eigenvalue weighted by Gasteiger charge is -2.10. The van der Waals surface area contributed by atoms with Gasteiger partial charge in [-0.3, -0.25) is 14.3 Å². The Hall–Kier alpha value is -2.61. The van der Waals surface area contributed by atoms with Crippen molar-refractivity contribution in [3.05, 3.63) is 38.1 Å². The maximum atomic E-state index is 13.3. The smallest absolute Gasteiger partial charge is 0.365 e. The zero-order valence-electron chi connectivity index (χ0n) is 16.1. The molecule has 32 heavy (non-hydrogen) atoms. The Kier molecular flexibility index (Phi) is 5.48. The average Bonchev–Trinajstić information content (AvgIpc) is 3.39. The molecule has 2 amide bonds. The van der Waals surface area contributed by atoms with E-state index >= 15 is 0 Å². The van der Waals surface area contributed by atoms with Gasteiger partial charge < -0.3 is 11.1 Å². The molecule has 7 nitrogen and oxygen atoms in total. The second-order valence-electron chi connectivity index (χ2n) is 7.15. The number of aromatic nitrogens is 3. The van der Waals surface area contributed by atoms with Crippen molar-refractivity contribution in [1.29, 1.82) is 0 Å². The van der Waals surface area contributed by atoms with Crippen LogP contribution in [0.15, 0.2) is 10.5 Å². The number of nitrogens with zero attached hydrogens (tertiary/aromatic N) is 3. The average molecular weight is 538 g/mol. The molecule has 0 aromatic carbocycles. The van der Waals surface area contributed by atoms with Crippen molar-refractivity contribution in [2.45, 2.75) is 31.4 Å². The van der Waals surface area contributed by atoms with Gasteiger partial charge in [-0.25, -0.2) is 13.8 Å². The highest BCUT2D eigenvalue weighted by atomic mass is 79.9. The molecule has 3 N–H and O–H groups in total. The van der Waals surface area contributed by atoms with E-state index < -0.39 is 46.0 Å². The van der Waals surface area contributed by atoms with Crippen LogP contribution in [-0.4, -0.2) is 26.6 Å². The zero-order valence-corrected chi connectivity index (χ0v) is 18.5. The fraction of sp³-hybridized carbons (Fsp3) is 0.333. The number of anilines is 1. The minimum atomic E-state index is -4.78. The first kappa shape index (κ1) is 22.6. The summed E-state index contributed by atoms with van der Waals surface area (Å²) in [5, 5.41) is 6.31. The summed E-state index contributed by atoms with van der Waals surface area (Å²) in [6, 6.07) is 1.22. The van der Waals surface area contributed by atoms with Gasteiger partial charge in [0.25, 0.3) is 18.2 Å². The summed E-state index contributed by atoms with van der Waals surface area (Å²) in [5.41, 5.74) is 3.59. The maximum Gasteiger partial charge on any atom is 0.434 e. The number of aryl methyl sites for hydroxylation is 1. The number of nitrogens with one attached hydrogen (secondary N) is 1. The molecule has 3 aromatic heterocycles. The third-order valence-corrected chi connectivity index (χ3v) is 6.74. The molecule has 0 radical (unpaired) electrons. The van der Waals surface area contributed by atoms with E-state index in [0.29, 0.717) is 10.2 Å². The van der Waals surface area contributed by atoms with Crippen molar-refractivity contribution < 1.29 is 31.5 Å². The monoisotopic (exact) mass is 537 g/mol. The van der Waals surface area contributed by atoms with Gasteiger partial charge in [0.1, 0.15) is 15.4 Å². The summed E-state index contributed by atoms with van der Waals surface area (Å²) < 4.78 is 66.3. The molecule has 0 saturated heterocycles. The maximum absolute atomic E-state index is 13.3. The first-order valence-electron chi connectivity index (χ1n) is 9.06. The van der Waals surface area contributed by atoms with Gasteiger partial charge in [-0.05, 0) is 46.3 Å². The molecule has 14 heteroatoms. The third-order valence-electron chi connectivity index (χ3n) is 4.89. The molecular formula is C18H13BrF5N5O2S. The van der Waals surface area contributed by atoms with Crippen LogP contribution in [0.3, 0.4) is 0 Å². The van der Waals surface area contributed by atoms with Crippen LogP contribution in [0.5, 0.6) is 0 Å². The molecule has 1 fully saturated rings. The number of rotatable bonds is 5. The van der Waals surface area contributed by atoms with E-state index in [9.17, 15) is 31.5 Å². The molecule has 0 atom stereocenters. The summed E-state index contributed by atoms with van der Waals surface area (Å²) in [7, 11) is 1.03. The van der Waals surface area contributed by atoms with Gasteiger partial charge in [-0.2, -0.15) is 18.3 Å². The largest absolute Gasteiger partial charge is 0.434 e. The Bertz CT molecular complexity index is 1270. The van der Waals surface area contributed by atoms with E-state index in [1.165, 1.54) is 6.07 Å². The molecule has 1 saturated carbocycles. The third kappa shape index (κ3) is 3.85. The Balaban J connectivity index is 1.85. The molecule has 1 aliphatic carbocycles. The minimum absolute atomic E-state index is 0.0672. The summed E-state index contributed by atoms with van der Waals surface area (Å²) in [5.74, 6) is -2.05. The molecule has 3 heterocycles. The minimum Gasteiger partial charge on any atom is -0.365 e. The number of carbonyl (C=O) groups is 2. The van der Waals surface area contributed by atoms with Gasteiger partial charge in [0, 0.05) is 12.4 Å². The van der Waals surface area contributed by atoms with Crippen LogP contribution in [0.25, 0.3) is 10.2 Å². The molecule has 0 bridgehead atoms. The van der Waals surface area contributed by atoms with Crippen molar-refractivity contribution in [2.75, 3.05) is 5.32 Å². The molecule has 0 spiro atoms. The molecule has 3 aromatic rings. The van der Waals surface area contributed by atoms with Crippen LogP contribution in [0.4, 0.5) is 27.6 Å². The topological polar surface area (TPSA) is 103 Å². The van der Waals surface area contributed by atoms with Crippen LogP contribution in [-0.2, 0) is 13.2 Å². The number of halogens is 6. The van der Waals surface area contributed by atoms with Crippen LogP contribution >= 0.6 is 27.3 Å². The van der Waals surface area contributed by atoms with E-state index in [0.717, 1.165) is 31.2 Å². The molecular weight excluding hydrogens is 525 g/mol. The van der Waals surface area contributed by atoms with Gasteiger partial charge in [-0.1, -0.05) is 0 Å². The fourth-order valence-electron chi connectivity index (χ4n) is 3.39. The molecule has 4 rings (SSSR count). The Morgan fingerprint density at radius 1 is 1.34 bits per heavy atom. The highest BCUT2D eigenvalue weighted by Crippen LogP contribution is 2.48. The predicted octanol–water partition coefficient (Wildman–Crippen LogP) is 4.98. The van der Waals surface area contributed by atoms with Crippen molar-refractivity contribution in [3.8, 4) is 0 Å². The lowest BCUT2D eigenvalue weighted by molar-refractivity contribution is -0.144. The van der Waals surface area contributed by atoms with Gasteiger partial charge in [0.05, 0.1) is 10.2 Å². The fourth-order valence-corrected chi connectivity index (χ4v) is 5.15. The number of pyridine rings is 1. The molecule has 0 aliphatic heterocycles. The standard InChI is InChI=1S/C18H13BrF5N5O2S/c1-29-13(18(22,23)24)9(19)11(28-29)16(31)27-10-8-6(5-2-3-5)4-7(14(20)21)26-17(8)32-12(10)15(25)30/h4-5,14H,2-3H2,1H3,(H2,25,30)(H,27,31). The highest BCUT2D eigenvalue weighted by Gasteiger charge is 2.40. The number of nitrogens with two attached hydrogens (primary N) is 1. The molecule has 0 unspecified atom stereocenters. The summed E-state index contributed by atoms with van der Waals surface area (Å²) >= 11 is 3.49. The van der Waals surface area contributed by atoms with Gasteiger partial charge >= 0.3 is 6.18 Å². The molecule has 1 aliphatic rings. The number of thiophene rings is 1. The Labute approximate surface area is 188 Å². The van der Waals surface area contributed by atoms with Crippen molar-refractivity contribution in [1.82, 2.24) is 14.8 Å². The van der Waals surface area contributed by atoms with Crippen molar-refractivity contribution >= 4 is 55.0 Å². The molecule has 170 valence electrons. The Morgan fingerprint density at radius 3 is 2.50 bits per heavy atom. The highest BCUT2D eigenvalue weighted by molar-refractivity contribution is 9.10. The first-order chi connectivity index (χ1) is 14.9. The van der Waals surface area contributed by atoms with E-state index in [4.69, 9.17) is 5.73 Å². The van der Waals surface area contributed by atoms with Gasteiger partial charge in [-0.15, -0.1) is 11.3 Å². The quantitative estimate of drug-likeness (QED) is 0.448. The second kappa shape index (κ2) is 7.76. The summed E-state index contributed by atoms with van der Waals surface area (Å²) in [6.45, 7) is 0. The van der Waals surface area contributed by atoms with E-state index in [1.807, 2.05) is 0 Å². The number of hydrogen-bond acceptors (Lipinski definition) is 5. The van der Waals surface area contributed by atoms with Crippen LogP contribution in [0, 0.1) is 0 Å². The lowest BCUT2D eigenvalue weighted by atomic mass is 10.0. The summed E-state index contributed by atoms with van der Waals surface area (Å²) in [4.78, 5) is 28.7. The normalized spacial score (nSPS) is 14.4. The van der Waals surface area contributed by atoms with E-state index in [-0.39, 0.29) is 26.7 Å². The number of fused-ring (bicyclic) bond motifs is 1. The van der Waals surface area contributed by atoms with Gasteiger partial charge in [0.2, 0.25) is 0 Å².